The van der Waals surface area contributed by atoms with E-state index in [0.29, 0.717) is 6.61 Å². The van der Waals surface area contributed by atoms with E-state index in [2.05, 4.69) is 31.8 Å². The summed E-state index contributed by atoms with van der Waals surface area (Å²) in [6.07, 6.45) is 10.5. The molecule has 4 heteroatoms. The van der Waals surface area contributed by atoms with Crippen LogP contribution in [0, 0.1) is 0 Å². The molecule has 0 bridgehead atoms. The fraction of sp³-hybridized carbons (Fsp3) is 0.909. The quantitative estimate of drug-likeness (QED) is 0.268. The molecule has 0 aromatic rings. The van der Waals surface area contributed by atoms with Crippen molar-refractivity contribution in [2.24, 2.45) is 0 Å². The van der Waals surface area contributed by atoms with Gasteiger partial charge in [-0.05, 0) is 6.42 Å². The summed E-state index contributed by atoms with van der Waals surface area (Å²) < 4.78 is 5.29. The van der Waals surface area contributed by atoms with Crippen molar-refractivity contribution in [3.05, 3.63) is 0 Å². The summed E-state index contributed by atoms with van der Waals surface area (Å²) in [4.78, 5) is 0. The predicted molar refractivity (Wildman–Crippen MR) is 68.5 cm³/mol. The molecule has 0 rings (SSSR count). The number of hydrogen-bond donors (Lipinski definition) is 0. The van der Waals surface area contributed by atoms with Crippen molar-refractivity contribution in [3.63, 3.8) is 0 Å². The van der Waals surface area contributed by atoms with Gasteiger partial charge in [0, 0.05) is 4.38 Å². The summed E-state index contributed by atoms with van der Waals surface area (Å²) in [5.41, 5.74) is 0. The number of unbranched alkanes of at least 4 members (excludes halogenated alkanes) is 7. The Labute approximate surface area is 148 Å². The van der Waals surface area contributed by atoms with Crippen LogP contribution in [0.3, 0.4) is 0 Å². The van der Waals surface area contributed by atoms with Gasteiger partial charge in [0.05, 0.1) is 6.61 Å². The summed E-state index contributed by atoms with van der Waals surface area (Å²) in [6, 6.07) is 0. The standard InChI is InChI=1S/C11H22OS2.K/c1-2-3-4-5-6-7-8-9-10-12-11(13)14;/h2-10H2,1H3,(H,13,14);/q;+1/p-1. The third-order valence-corrected chi connectivity index (χ3v) is 2.45. The van der Waals surface area contributed by atoms with Crippen molar-refractivity contribution in [1.29, 1.82) is 0 Å². The van der Waals surface area contributed by atoms with Crippen LogP contribution in [-0.2, 0) is 17.4 Å². The fourth-order valence-electron chi connectivity index (χ4n) is 1.39. The van der Waals surface area contributed by atoms with E-state index in [4.69, 9.17) is 4.74 Å². The van der Waals surface area contributed by atoms with E-state index in [1.165, 1.54) is 44.9 Å². The molecule has 1 nitrogen and oxygen atoms in total. The maximum Gasteiger partial charge on any atom is 1.00 e. The minimum atomic E-state index is 0. The van der Waals surface area contributed by atoms with Crippen LogP contribution in [0.15, 0.2) is 0 Å². The van der Waals surface area contributed by atoms with E-state index < -0.39 is 0 Å². The third-order valence-electron chi connectivity index (χ3n) is 2.22. The van der Waals surface area contributed by atoms with E-state index in [9.17, 15) is 0 Å². The first kappa shape index (κ1) is 19.1. The second kappa shape index (κ2) is 15.7. The van der Waals surface area contributed by atoms with E-state index in [0.717, 1.165) is 6.42 Å². The number of ether oxygens (including phenoxy) is 1. The first-order chi connectivity index (χ1) is 6.77. The zero-order valence-electron chi connectivity index (χ0n) is 10.1. The SMILES string of the molecule is CCCCCCCCCCOC(=S)[S-].[K+]. The van der Waals surface area contributed by atoms with Gasteiger partial charge in [-0.1, -0.05) is 51.9 Å². The predicted octanol–water partition coefficient (Wildman–Crippen LogP) is 0.979. The van der Waals surface area contributed by atoms with Crippen molar-refractivity contribution >= 4 is 29.2 Å². The zero-order chi connectivity index (χ0) is 10.6. The Morgan fingerprint density at radius 2 is 1.47 bits per heavy atom. The Hall–Kier alpha value is 1.75. The Kier molecular flexibility index (Phi) is 20.0. The molecular formula is C11H21KOS2. The summed E-state index contributed by atoms with van der Waals surface area (Å²) >= 11 is 9.27. The summed E-state index contributed by atoms with van der Waals surface area (Å²) in [6.45, 7) is 2.95. The first-order valence-electron chi connectivity index (χ1n) is 5.61. The molecule has 0 atom stereocenters. The molecule has 0 aliphatic heterocycles. The molecule has 0 amide bonds. The van der Waals surface area contributed by atoms with Gasteiger partial charge >= 0.3 is 51.4 Å². The molecular weight excluding hydrogens is 251 g/mol. The fourth-order valence-corrected chi connectivity index (χ4v) is 1.56. The largest absolute Gasteiger partial charge is 1.00 e. The van der Waals surface area contributed by atoms with Gasteiger partial charge in [-0.3, -0.25) is 0 Å². The topological polar surface area (TPSA) is 9.23 Å². The Morgan fingerprint density at radius 1 is 1.00 bits per heavy atom. The summed E-state index contributed by atoms with van der Waals surface area (Å²) in [7, 11) is 0. The van der Waals surface area contributed by atoms with Gasteiger partial charge in [0.2, 0.25) is 0 Å². The van der Waals surface area contributed by atoms with Gasteiger partial charge in [-0.2, -0.15) is 0 Å². The maximum absolute atomic E-state index is 5.03. The monoisotopic (exact) mass is 272 g/mol. The number of hydrogen-bond acceptors (Lipinski definition) is 3. The summed E-state index contributed by atoms with van der Waals surface area (Å²) in [5.74, 6) is 0. The van der Waals surface area contributed by atoms with Crippen molar-refractivity contribution in [2.75, 3.05) is 6.61 Å². The molecule has 15 heavy (non-hydrogen) atoms. The average Bonchev–Trinajstić information content (AvgIpc) is 2.15. The van der Waals surface area contributed by atoms with Gasteiger partial charge in [0.15, 0.2) is 0 Å². The third kappa shape index (κ3) is 18.3. The smallest absolute Gasteiger partial charge is 0.514 e. The normalized spacial score (nSPS) is 9.40. The van der Waals surface area contributed by atoms with Crippen molar-refractivity contribution in [2.45, 2.75) is 58.3 Å². The van der Waals surface area contributed by atoms with Gasteiger partial charge in [-0.25, -0.2) is 0 Å². The molecule has 0 saturated heterocycles. The Balaban J connectivity index is 0. The Bertz CT molecular complexity index is 143. The molecule has 0 fully saturated rings. The molecule has 0 aromatic carbocycles. The Morgan fingerprint density at radius 3 is 1.93 bits per heavy atom. The first-order valence-corrected chi connectivity index (χ1v) is 6.42. The molecule has 0 radical (unpaired) electrons. The zero-order valence-corrected chi connectivity index (χ0v) is 14.8. The van der Waals surface area contributed by atoms with Crippen LogP contribution >= 0.6 is 12.2 Å². The average molecular weight is 273 g/mol. The van der Waals surface area contributed by atoms with Crippen LogP contribution in [0.4, 0.5) is 0 Å². The number of rotatable bonds is 9. The minimum Gasteiger partial charge on any atom is -0.514 e. The van der Waals surface area contributed by atoms with Crippen LogP contribution in [0.2, 0.25) is 0 Å². The molecule has 0 unspecified atom stereocenters. The minimum absolute atomic E-state index is 0. The van der Waals surface area contributed by atoms with Gasteiger partial charge in [0.1, 0.15) is 0 Å². The van der Waals surface area contributed by atoms with Gasteiger partial charge in [0.25, 0.3) is 0 Å². The van der Waals surface area contributed by atoms with Crippen LogP contribution in [-0.4, -0.2) is 11.0 Å². The molecule has 0 N–H and O–H groups in total. The molecule has 84 valence electrons. The second-order valence-electron chi connectivity index (χ2n) is 3.57. The van der Waals surface area contributed by atoms with Crippen LogP contribution in [0.1, 0.15) is 58.3 Å². The summed E-state index contributed by atoms with van der Waals surface area (Å²) in [5, 5.41) is 0. The molecule has 0 saturated carbocycles. The molecule has 0 spiro atoms. The molecule has 0 aliphatic rings. The number of thiocarbonyl (C=S) groups is 1. The van der Waals surface area contributed by atoms with Crippen LogP contribution in [0.25, 0.3) is 0 Å². The van der Waals surface area contributed by atoms with E-state index in [1.807, 2.05) is 0 Å². The van der Waals surface area contributed by atoms with Crippen molar-refractivity contribution in [1.82, 2.24) is 0 Å². The molecule has 0 heterocycles. The van der Waals surface area contributed by atoms with Crippen LogP contribution in [0.5, 0.6) is 0 Å². The molecule has 0 aliphatic carbocycles. The molecule has 0 aromatic heterocycles. The van der Waals surface area contributed by atoms with E-state index in [1.54, 1.807) is 0 Å². The van der Waals surface area contributed by atoms with Gasteiger partial charge in [-0.15, -0.1) is 0 Å². The maximum atomic E-state index is 5.03. The van der Waals surface area contributed by atoms with E-state index in [-0.39, 0.29) is 55.8 Å². The van der Waals surface area contributed by atoms with Gasteiger partial charge < -0.3 is 29.6 Å². The van der Waals surface area contributed by atoms with Crippen molar-refractivity contribution < 1.29 is 56.1 Å². The van der Waals surface area contributed by atoms with Crippen molar-refractivity contribution in [3.8, 4) is 0 Å². The van der Waals surface area contributed by atoms with Crippen LogP contribution < -0.4 is 51.4 Å². The van der Waals surface area contributed by atoms with E-state index >= 15 is 0 Å². The second-order valence-corrected chi connectivity index (χ2v) is 4.57.